The minimum atomic E-state index is -0.165. The fourth-order valence-corrected chi connectivity index (χ4v) is 1.48. The van der Waals surface area contributed by atoms with Crippen LogP contribution < -0.4 is 5.32 Å². The molecule has 0 saturated heterocycles. The van der Waals surface area contributed by atoms with Crippen LogP contribution in [0.5, 0.6) is 0 Å². The van der Waals surface area contributed by atoms with Crippen LogP contribution >= 0.6 is 0 Å². The fourth-order valence-electron chi connectivity index (χ4n) is 1.48. The Morgan fingerprint density at radius 1 is 1.21 bits per heavy atom. The highest BCUT2D eigenvalue weighted by Gasteiger charge is 2.28. The van der Waals surface area contributed by atoms with E-state index in [0.29, 0.717) is 0 Å². The first kappa shape index (κ1) is 11.1. The zero-order valence-electron chi connectivity index (χ0n) is 9.03. The van der Waals surface area contributed by atoms with Gasteiger partial charge < -0.3 is 19.5 Å². The van der Waals surface area contributed by atoms with Crippen LogP contribution in [0, 0.1) is 0 Å². The van der Waals surface area contributed by atoms with Gasteiger partial charge in [-0.2, -0.15) is 0 Å². The van der Waals surface area contributed by atoms with Gasteiger partial charge in [0.1, 0.15) is 18.0 Å². The second-order valence-electron chi connectivity index (χ2n) is 2.98. The molecule has 4 nitrogen and oxygen atoms in total. The Hall–Kier alpha value is -1.00. The summed E-state index contributed by atoms with van der Waals surface area (Å²) in [6.07, 6.45) is 3.60. The number of allylic oxidation sites excluding steroid dienone is 1. The Kier molecular flexibility index (Phi) is 3.98. The molecule has 1 aliphatic carbocycles. The lowest BCUT2D eigenvalue weighted by Gasteiger charge is -2.28. The molecule has 2 unspecified atom stereocenters. The average Bonchev–Trinajstić information content (AvgIpc) is 2.26. The lowest BCUT2D eigenvalue weighted by Crippen LogP contribution is -2.34. The number of nitrogens with one attached hydrogen (secondary N) is 1. The molecule has 0 saturated carbocycles. The van der Waals surface area contributed by atoms with Gasteiger partial charge in [0, 0.05) is 33.0 Å². The molecule has 0 amide bonds. The zero-order chi connectivity index (χ0) is 10.6. The molecular formula is C10H17NO3. The van der Waals surface area contributed by atoms with Gasteiger partial charge in [0.15, 0.2) is 0 Å². The van der Waals surface area contributed by atoms with E-state index in [4.69, 9.17) is 14.2 Å². The molecule has 0 bridgehead atoms. The summed E-state index contributed by atoms with van der Waals surface area (Å²) in [6.45, 7) is 0. The van der Waals surface area contributed by atoms with Crippen molar-refractivity contribution in [1.29, 1.82) is 0 Å². The summed E-state index contributed by atoms with van der Waals surface area (Å²) in [5, 5.41) is 3.05. The van der Waals surface area contributed by atoms with Crippen LogP contribution in [0.2, 0.25) is 0 Å². The Labute approximate surface area is 84.5 Å². The van der Waals surface area contributed by atoms with Crippen molar-refractivity contribution in [3.8, 4) is 0 Å². The molecule has 0 heterocycles. The first-order chi connectivity index (χ1) is 6.76. The summed E-state index contributed by atoms with van der Waals surface area (Å²) >= 11 is 0. The second-order valence-corrected chi connectivity index (χ2v) is 2.98. The molecule has 0 aliphatic heterocycles. The van der Waals surface area contributed by atoms with Crippen molar-refractivity contribution in [3.63, 3.8) is 0 Å². The van der Waals surface area contributed by atoms with E-state index < -0.39 is 0 Å². The van der Waals surface area contributed by atoms with E-state index >= 15 is 0 Å². The number of rotatable bonds is 4. The maximum Gasteiger partial charge on any atom is 0.144 e. The highest BCUT2D eigenvalue weighted by molar-refractivity contribution is 5.29. The Bertz CT molecular complexity index is 248. The lowest BCUT2D eigenvalue weighted by molar-refractivity contribution is -0.0192. The predicted octanol–water partition coefficient (Wildman–Crippen LogP) is 0.664. The van der Waals surface area contributed by atoms with Crippen LogP contribution in [-0.4, -0.2) is 40.6 Å². The van der Waals surface area contributed by atoms with Gasteiger partial charge in [-0.15, -0.1) is 0 Å². The smallest absolute Gasteiger partial charge is 0.144 e. The highest BCUT2D eigenvalue weighted by atomic mass is 16.6. The first-order valence-electron chi connectivity index (χ1n) is 4.47. The Morgan fingerprint density at radius 2 is 1.93 bits per heavy atom. The fraction of sp³-hybridized carbons (Fsp3) is 0.600. The minimum Gasteiger partial charge on any atom is -0.498 e. The maximum atomic E-state index is 5.30. The van der Waals surface area contributed by atoms with Crippen LogP contribution in [0.3, 0.4) is 0 Å². The van der Waals surface area contributed by atoms with Gasteiger partial charge in [-0.05, 0) is 6.08 Å². The van der Waals surface area contributed by atoms with E-state index in [0.717, 1.165) is 11.5 Å². The number of methoxy groups -OCH3 is 3. The van der Waals surface area contributed by atoms with E-state index in [-0.39, 0.29) is 12.2 Å². The molecule has 0 radical (unpaired) electrons. The third-order valence-corrected chi connectivity index (χ3v) is 2.27. The van der Waals surface area contributed by atoms with E-state index in [9.17, 15) is 0 Å². The lowest BCUT2D eigenvalue weighted by atomic mass is 10.0. The molecule has 4 heteroatoms. The van der Waals surface area contributed by atoms with Gasteiger partial charge in [0.05, 0.1) is 7.11 Å². The third-order valence-electron chi connectivity index (χ3n) is 2.27. The quantitative estimate of drug-likeness (QED) is 0.722. The van der Waals surface area contributed by atoms with E-state index in [1.54, 1.807) is 21.3 Å². The Morgan fingerprint density at radius 3 is 2.36 bits per heavy atom. The Balaban J connectivity index is 2.89. The molecule has 0 aromatic carbocycles. The van der Waals surface area contributed by atoms with Gasteiger partial charge in [-0.25, -0.2) is 0 Å². The molecular weight excluding hydrogens is 182 g/mol. The van der Waals surface area contributed by atoms with Crippen molar-refractivity contribution in [3.05, 3.63) is 23.6 Å². The van der Waals surface area contributed by atoms with Crippen LogP contribution in [0.25, 0.3) is 0 Å². The van der Waals surface area contributed by atoms with Crippen molar-refractivity contribution >= 4 is 0 Å². The topological polar surface area (TPSA) is 39.7 Å². The summed E-state index contributed by atoms with van der Waals surface area (Å²) in [6, 6.07) is 0. The van der Waals surface area contributed by atoms with Crippen molar-refractivity contribution in [2.75, 3.05) is 28.4 Å². The number of ether oxygens (including phenoxy) is 3. The predicted molar refractivity (Wildman–Crippen MR) is 53.8 cm³/mol. The highest BCUT2D eigenvalue weighted by Crippen LogP contribution is 2.21. The van der Waals surface area contributed by atoms with Crippen LogP contribution in [-0.2, 0) is 14.2 Å². The van der Waals surface area contributed by atoms with Gasteiger partial charge in [0.2, 0.25) is 0 Å². The van der Waals surface area contributed by atoms with E-state index in [2.05, 4.69) is 5.32 Å². The van der Waals surface area contributed by atoms with E-state index in [1.165, 1.54) is 0 Å². The van der Waals surface area contributed by atoms with Crippen LogP contribution in [0.1, 0.15) is 0 Å². The summed E-state index contributed by atoms with van der Waals surface area (Å²) in [5.41, 5.74) is 0.974. The van der Waals surface area contributed by atoms with Gasteiger partial charge >= 0.3 is 0 Å². The summed E-state index contributed by atoms with van der Waals surface area (Å²) in [5.74, 6) is 0.770. The standard InChI is InChI=1S/C10H17NO3/c1-11-7-5-8(12-2)10(14-4)9(6-7)13-3/h5-6,8,10-11H,1-4H3. The molecule has 1 N–H and O–H groups in total. The van der Waals surface area contributed by atoms with Crippen LogP contribution in [0.4, 0.5) is 0 Å². The normalized spacial score (nSPS) is 26.6. The van der Waals surface area contributed by atoms with Crippen molar-refractivity contribution < 1.29 is 14.2 Å². The molecule has 14 heavy (non-hydrogen) atoms. The SMILES string of the molecule is CNC1=CC(OC)C(OC)C(OC)=C1. The minimum absolute atomic E-state index is 0.109. The van der Waals surface area contributed by atoms with Gasteiger partial charge in [0.25, 0.3) is 0 Å². The van der Waals surface area contributed by atoms with Crippen molar-refractivity contribution in [2.24, 2.45) is 0 Å². The number of likely N-dealkylation sites (N-methyl/N-ethyl adjacent to an activating group) is 1. The average molecular weight is 199 g/mol. The number of hydrogen-bond acceptors (Lipinski definition) is 4. The second kappa shape index (κ2) is 5.02. The van der Waals surface area contributed by atoms with Crippen molar-refractivity contribution in [2.45, 2.75) is 12.2 Å². The third kappa shape index (κ3) is 2.08. The molecule has 0 aromatic heterocycles. The number of hydrogen-bond donors (Lipinski definition) is 1. The monoisotopic (exact) mass is 199 g/mol. The van der Waals surface area contributed by atoms with Gasteiger partial charge in [-0.1, -0.05) is 0 Å². The zero-order valence-corrected chi connectivity index (χ0v) is 9.03. The molecule has 0 spiro atoms. The summed E-state index contributed by atoms with van der Waals surface area (Å²) in [4.78, 5) is 0. The molecule has 80 valence electrons. The molecule has 2 atom stereocenters. The maximum absolute atomic E-state index is 5.30. The van der Waals surface area contributed by atoms with Crippen LogP contribution in [0.15, 0.2) is 23.6 Å². The van der Waals surface area contributed by atoms with Crippen molar-refractivity contribution in [1.82, 2.24) is 5.32 Å². The largest absolute Gasteiger partial charge is 0.498 e. The van der Waals surface area contributed by atoms with Gasteiger partial charge in [-0.3, -0.25) is 0 Å². The molecule has 0 aromatic rings. The van der Waals surface area contributed by atoms with E-state index in [1.807, 2.05) is 19.2 Å². The molecule has 1 aliphatic rings. The molecule has 1 rings (SSSR count). The molecule has 0 fully saturated rings. The first-order valence-corrected chi connectivity index (χ1v) is 4.47. The summed E-state index contributed by atoms with van der Waals surface area (Å²) < 4.78 is 15.8. The summed E-state index contributed by atoms with van der Waals surface area (Å²) in [7, 11) is 6.78.